The number of nitrogens with one attached hydrogen (secondary N) is 2. The number of aryl methyl sites for hydroxylation is 3. The van der Waals surface area contributed by atoms with Gasteiger partial charge in [-0.25, -0.2) is 4.79 Å². The Labute approximate surface area is 231 Å². The van der Waals surface area contributed by atoms with Crippen LogP contribution in [-0.2, 0) is 20.7 Å². The molecule has 2 atom stereocenters. The average Bonchev–Trinajstić information content (AvgIpc) is 2.86. The average molecular weight is 530 g/mol. The van der Waals surface area contributed by atoms with Crippen LogP contribution in [0.2, 0.25) is 0 Å². The van der Waals surface area contributed by atoms with Gasteiger partial charge in [0.1, 0.15) is 17.7 Å². The topological polar surface area (TPSA) is 87.7 Å². The van der Waals surface area contributed by atoms with Gasteiger partial charge < -0.3 is 20.3 Å². The Morgan fingerprint density at radius 1 is 0.846 bits per heavy atom. The van der Waals surface area contributed by atoms with Crippen molar-refractivity contribution in [2.45, 2.75) is 65.6 Å². The molecule has 3 rings (SSSR count). The highest BCUT2D eigenvalue weighted by Gasteiger charge is 2.34. The van der Waals surface area contributed by atoms with Gasteiger partial charge in [0.05, 0.1) is 0 Å². The van der Waals surface area contributed by atoms with Crippen molar-refractivity contribution in [3.05, 3.63) is 101 Å². The smallest absolute Gasteiger partial charge is 0.408 e. The summed E-state index contributed by atoms with van der Waals surface area (Å²) in [6, 6.07) is 20.8. The third kappa shape index (κ3) is 8.18. The van der Waals surface area contributed by atoms with Crippen LogP contribution in [-0.4, -0.2) is 41.5 Å². The third-order valence-corrected chi connectivity index (χ3v) is 6.50. The van der Waals surface area contributed by atoms with Crippen molar-refractivity contribution in [2.24, 2.45) is 0 Å². The molecule has 0 spiro atoms. The normalized spacial score (nSPS) is 12.7. The number of benzene rings is 3. The van der Waals surface area contributed by atoms with Crippen molar-refractivity contribution in [2.75, 3.05) is 12.4 Å². The van der Waals surface area contributed by atoms with Gasteiger partial charge in [0, 0.05) is 19.2 Å². The van der Waals surface area contributed by atoms with Gasteiger partial charge in [0.15, 0.2) is 0 Å². The van der Waals surface area contributed by atoms with Gasteiger partial charge in [-0.3, -0.25) is 9.59 Å². The minimum absolute atomic E-state index is 0.238. The molecule has 0 fully saturated rings. The quantitative estimate of drug-likeness (QED) is 0.381. The maximum atomic E-state index is 14.0. The summed E-state index contributed by atoms with van der Waals surface area (Å²) in [6.45, 7) is 11.2. The molecule has 3 aromatic rings. The van der Waals surface area contributed by atoms with Crippen LogP contribution >= 0.6 is 0 Å². The van der Waals surface area contributed by atoms with Crippen LogP contribution in [0.3, 0.4) is 0 Å². The summed E-state index contributed by atoms with van der Waals surface area (Å²) in [4.78, 5) is 41.9. The Hall–Kier alpha value is -4.13. The molecule has 7 nitrogen and oxygen atoms in total. The molecule has 39 heavy (non-hydrogen) atoms. The zero-order valence-corrected chi connectivity index (χ0v) is 23.9. The summed E-state index contributed by atoms with van der Waals surface area (Å²) in [6.07, 6.45) is -0.459. The van der Waals surface area contributed by atoms with Gasteiger partial charge in [-0.2, -0.15) is 0 Å². The third-order valence-electron chi connectivity index (χ3n) is 6.50. The van der Waals surface area contributed by atoms with Crippen LogP contribution in [0.4, 0.5) is 10.5 Å². The molecule has 206 valence electrons. The Kier molecular flexibility index (Phi) is 9.51. The van der Waals surface area contributed by atoms with Gasteiger partial charge in [-0.05, 0) is 75.4 Å². The predicted octanol–water partition coefficient (Wildman–Crippen LogP) is 5.89. The summed E-state index contributed by atoms with van der Waals surface area (Å²) < 4.78 is 5.45. The van der Waals surface area contributed by atoms with Crippen molar-refractivity contribution < 1.29 is 19.1 Å². The van der Waals surface area contributed by atoms with E-state index in [1.807, 2.05) is 93.6 Å². The highest BCUT2D eigenvalue weighted by atomic mass is 16.6. The zero-order chi connectivity index (χ0) is 28.7. The van der Waals surface area contributed by atoms with Crippen molar-refractivity contribution in [1.29, 1.82) is 0 Å². The number of rotatable bonds is 8. The summed E-state index contributed by atoms with van der Waals surface area (Å²) in [5.74, 6) is -0.757. The van der Waals surface area contributed by atoms with Gasteiger partial charge >= 0.3 is 6.09 Å². The molecule has 0 aliphatic carbocycles. The number of alkyl carbamates (subject to hydrolysis) is 1. The highest BCUT2D eigenvalue weighted by molar-refractivity contribution is 5.99. The number of para-hydroxylation sites is 1. The van der Waals surface area contributed by atoms with E-state index >= 15 is 0 Å². The first-order valence-electron chi connectivity index (χ1n) is 13.1. The molecule has 3 amide bonds. The number of hydrogen-bond donors (Lipinski definition) is 2. The number of ether oxygens (including phenoxy) is 1. The summed E-state index contributed by atoms with van der Waals surface area (Å²) in [7, 11) is 1.59. The number of anilines is 1. The van der Waals surface area contributed by atoms with Crippen LogP contribution in [0.15, 0.2) is 72.8 Å². The van der Waals surface area contributed by atoms with E-state index in [1.165, 1.54) is 4.90 Å². The van der Waals surface area contributed by atoms with Gasteiger partial charge in [0.25, 0.3) is 5.91 Å². The number of amides is 3. The fraction of sp³-hybridized carbons (Fsp3) is 0.344. The Morgan fingerprint density at radius 3 is 2.10 bits per heavy atom. The van der Waals surface area contributed by atoms with Crippen LogP contribution in [0.5, 0.6) is 0 Å². The maximum Gasteiger partial charge on any atom is 0.408 e. The molecule has 0 aliphatic rings. The molecule has 0 aromatic heterocycles. The molecular formula is C32H39N3O4. The van der Waals surface area contributed by atoms with E-state index in [0.29, 0.717) is 11.3 Å². The monoisotopic (exact) mass is 529 g/mol. The number of carbonyl (C=O) groups excluding carboxylic acids is 3. The van der Waals surface area contributed by atoms with E-state index in [2.05, 4.69) is 10.6 Å². The standard InChI is InChI=1S/C32H39N3O4/c1-21-17-18-25(19-23(21)3)28(29(36)33-26-16-12-11-13-22(26)2)35(7)30(37)27(20-24-14-9-8-10-15-24)34-31(38)39-32(4,5)6/h8-19,27-28H,20H2,1-7H3,(H,33,36)(H,34,38). The lowest BCUT2D eigenvalue weighted by Gasteiger charge is -2.32. The SMILES string of the molecule is Cc1ccc(C(C(=O)Nc2ccccc2C)N(C)C(=O)C(Cc2ccccc2)NC(=O)OC(C)(C)C)cc1C. The van der Waals surface area contributed by atoms with Crippen LogP contribution in [0.25, 0.3) is 0 Å². The molecule has 0 heterocycles. The first-order chi connectivity index (χ1) is 18.4. The molecule has 3 aromatic carbocycles. The van der Waals surface area contributed by atoms with Crippen molar-refractivity contribution in [3.63, 3.8) is 0 Å². The van der Waals surface area contributed by atoms with E-state index in [9.17, 15) is 14.4 Å². The number of nitrogens with zero attached hydrogens (tertiary/aromatic N) is 1. The lowest BCUT2D eigenvalue weighted by Crippen LogP contribution is -2.52. The lowest BCUT2D eigenvalue weighted by molar-refractivity contribution is -0.139. The minimum atomic E-state index is -0.951. The van der Waals surface area contributed by atoms with Crippen LogP contribution in [0.1, 0.15) is 54.6 Å². The largest absolute Gasteiger partial charge is 0.444 e. The molecular weight excluding hydrogens is 490 g/mol. The molecule has 0 aliphatic heterocycles. The fourth-order valence-corrected chi connectivity index (χ4v) is 4.27. The number of likely N-dealkylation sites (N-methyl/N-ethyl adjacent to an activating group) is 1. The van der Waals surface area contributed by atoms with Crippen molar-refractivity contribution in [1.82, 2.24) is 10.2 Å². The first-order valence-corrected chi connectivity index (χ1v) is 13.1. The zero-order valence-electron chi connectivity index (χ0n) is 23.9. The van der Waals surface area contributed by atoms with Crippen molar-refractivity contribution in [3.8, 4) is 0 Å². The van der Waals surface area contributed by atoms with E-state index in [-0.39, 0.29) is 12.3 Å². The van der Waals surface area contributed by atoms with Gasteiger partial charge in [0.2, 0.25) is 5.91 Å². The second kappa shape index (κ2) is 12.6. The van der Waals surface area contributed by atoms with Gasteiger partial charge in [-0.15, -0.1) is 0 Å². The second-order valence-electron chi connectivity index (χ2n) is 10.9. The molecule has 7 heteroatoms. The molecule has 2 unspecified atom stereocenters. The van der Waals surface area contributed by atoms with E-state index in [4.69, 9.17) is 4.74 Å². The van der Waals surface area contributed by atoms with Crippen LogP contribution < -0.4 is 10.6 Å². The Bertz CT molecular complexity index is 1310. The Balaban J connectivity index is 1.98. The van der Waals surface area contributed by atoms with Crippen molar-refractivity contribution >= 4 is 23.6 Å². The molecule has 0 bridgehead atoms. The highest BCUT2D eigenvalue weighted by Crippen LogP contribution is 2.26. The number of hydrogen-bond acceptors (Lipinski definition) is 4. The summed E-state index contributed by atoms with van der Waals surface area (Å²) >= 11 is 0. The van der Waals surface area contributed by atoms with Crippen LogP contribution in [0, 0.1) is 20.8 Å². The Morgan fingerprint density at radius 2 is 1.49 bits per heavy atom. The lowest BCUT2D eigenvalue weighted by atomic mass is 9.98. The van der Waals surface area contributed by atoms with E-state index < -0.39 is 29.7 Å². The molecule has 0 saturated carbocycles. The summed E-state index contributed by atoms with van der Waals surface area (Å²) in [5.41, 5.74) is 4.49. The van der Waals surface area contributed by atoms with E-state index in [0.717, 1.165) is 22.3 Å². The fourth-order valence-electron chi connectivity index (χ4n) is 4.27. The minimum Gasteiger partial charge on any atom is -0.444 e. The molecule has 0 radical (unpaired) electrons. The predicted molar refractivity (Wildman–Crippen MR) is 155 cm³/mol. The van der Waals surface area contributed by atoms with Gasteiger partial charge in [-0.1, -0.05) is 66.7 Å². The second-order valence-corrected chi connectivity index (χ2v) is 10.9. The van der Waals surface area contributed by atoms with E-state index in [1.54, 1.807) is 27.8 Å². The maximum absolute atomic E-state index is 14.0. The summed E-state index contributed by atoms with van der Waals surface area (Å²) in [5, 5.41) is 5.74. The molecule has 2 N–H and O–H groups in total. The molecule has 0 saturated heterocycles. The first kappa shape index (κ1) is 29.4. The number of carbonyl (C=O) groups is 3.